The molecule has 0 unspecified atom stereocenters. The van der Waals surface area contributed by atoms with E-state index >= 15 is 0 Å². The predicted octanol–water partition coefficient (Wildman–Crippen LogP) is 1.01. The number of aromatic nitrogens is 1. The van der Waals surface area contributed by atoms with Crippen molar-refractivity contribution >= 4 is 0 Å². The first-order valence-electron chi connectivity index (χ1n) is 6.49. The van der Waals surface area contributed by atoms with E-state index in [2.05, 4.69) is 60.0 Å². The summed E-state index contributed by atoms with van der Waals surface area (Å²) in [5.41, 5.74) is 1.15. The Morgan fingerprint density at radius 3 is 1.94 bits per heavy atom. The van der Waals surface area contributed by atoms with Gasteiger partial charge in [-0.2, -0.15) is 0 Å². The molecule has 0 aliphatic rings. The van der Waals surface area contributed by atoms with Gasteiger partial charge in [-0.15, -0.1) is 0 Å². The van der Waals surface area contributed by atoms with Gasteiger partial charge < -0.3 is 9.80 Å². The van der Waals surface area contributed by atoms with Gasteiger partial charge in [0.05, 0.1) is 5.69 Å². The molecule has 1 aromatic heterocycles. The lowest BCUT2D eigenvalue weighted by Gasteiger charge is -2.25. The summed E-state index contributed by atoms with van der Waals surface area (Å²) < 4.78 is 0. The molecule has 0 N–H and O–H groups in total. The molecule has 0 amide bonds. The summed E-state index contributed by atoms with van der Waals surface area (Å²) in [5, 5.41) is 0. The van der Waals surface area contributed by atoms with Gasteiger partial charge in [-0.25, -0.2) is 0 Å². The van der Waals surface area contributed by atoms with Gasteiger partial charge in [0.25, 0.3) is 0 Å². The molecule has 4 nitrogen and oxygen atoms in total. The van der Waals surface area contributed by atoms with Crippen molar-refractivity contribution in [3.63, 3.8) is 0 Å². The van der Waals surface area contributed by atoms with Gasteiger partial charge >= 0.3 is 0 Å². The summed E-state index contributed by atoms with van der Waals surface area (Å²) in [6.45, 7) is 5.26. The maximum atomic E-state index is 4.40. The Morgan fingerprint density at radius 1 is 0.889 bits per heavy atom. The highest BCUT2D eigenvalue weighted by Gasteiger charge is 2.07. The van der Waals surface area contributed by atoms with Crippen molar-refractivity contribution in [2.24, 2.45) is 0 Å². The van der Waals surface area contributed by atoms with Crippen molar-refractivity contribution in [1.29, 1.82) is 0 Å². The number of nitrogens with zero attached hydrogens (tertiary/aromatic N) is 4. The molecule has 0 fully saturated rings. The third kappa shape index (κ3) is 6.69. The average molecular weight is 250 g/mol. The molecule has 0 radical (unpaired) electrons. The highest BCUT2D eigenvalue weighted by Crippen LogP contribution is 2.01. The maximum Gasteiger partial charge on any atom is 0.0543 e. The van der Waals surface area contributed by atoms with E-state index in [0.29, 0.717) is 0 Å². The van der Waals surface area contributed by atoms with Crippen LogP contribution in [0.1, 0.15) is 5.69 Å². The number of rotatable bonds is 8. The van der Waals surface area contributed by atoms with E-state index in [-0.39, 0.29) is 0 Å². The largest absolute Gasteiger partial charge is 0.308 e. The standard InChI is InChI=1S/C14H26N4/c1-16(2)9-11-18(12-10-17(3)4)13-14-7-5-6-8-15-14/h5-8H,9-13H2,1-4H3. The third-order valence-corrected chi connectivity index (χ3v) is 2.84. The lowest BCUT2D eigenvalue weighted by atomic mass is 10.3. The fraction of sp³-hybridized carbons (Fsp3) is 0.643. The Morgan fingerprint density at radius 2 is 1.50 bits per heavy atom. The highest BCUT2D eigenvalue weighted by atomic mass is 15.2. The minimum Gasteiger partial charge on any atom is -0.308 e. The van der Waals surface area contributed by atoms with Crippen molar-refractivity contribution in [2.45, 2.75) is 6.54 Å². The van der Waals surface area contributed by atoms with E-state index < -0.39 is 0 Å². The predicted molar refractivity (Wildman–Crippen MR) is 76.6 cm³/mol. The van der Waals surface area contributed by atoms with E-state index in [1.165, 1.54) is 0 Å². The molecule has 4 heteroatoms. The van der Waals surface area contributed by atoms with Gasteiger partial charge in [0.2, 0.25) is 0 Å². The van der Waals surface area contributed by atoms with E-state index in [1.807, 2.05) is 12.3 Å². The molecular weight excluding hydrogens is 224 g/mol. The molecule has 0 aromatic carbocycles. The Labute approximate surface area is 111 Å². The molecule has 18 heavy (non-hydrogen) atoms. The fourth-order valence-electron chi connectivity index (χ4n) is 1.67. The van der Waals surface area contributed by atoms with Crippen LogP contribution in [0.15, 0.2) is 24.4 Å². The van der Waals surface area contributed by atoms with E-state index in [0.717, 1.165) is 38.4 Å². The van der Waals surface area contributed by atoms with Crippen molar-refractivity contribution in [3.05, 3.63) is 30.1 Å². The number of pyridine rings is 1. The zero-order chi connectivity index (χ0) is 13.4. The molecular formula is C14H26N4. The lowest BCUT2D eigenvalue weighted by Crippen LogP contribution is -2.36. The highest BCUT2D eigenvalue weighted by molar-refractivity contribution is 5.03. The van der Waals surface area contributed by atoms with Crippen molar-refractivity contribution < 1.29 is 0 Å². The Balaban J connectivity index is 2.48. The van der Waals surface area contributed by atoms with Gasteiger partial charge in [-0.1, -0.05) is 6.07 Å². The van der Waals surface area contributed by atoms with Crippen LogP contribution in [0.2, 0.25) is 0 Å². The first-order chi connectivity index (χ1) is 8.58. The molecule has 0 saturated heterocycles. The van der Waals surface area contributed by atoms with E-state index in [9.17, 15) is 0 Å². The molecule has 0 aliphatic carbocycles. The molecule has 0 saturated carbocycles. The molecule has 102 valence electrons. The first-order valence-corrected chi connectivity index (χ1v) is 6.49. The fourth-order valence-corrected chi connectivity index (χ4v) is 1.67. The van der Waals surface area contributed by atoms with Gasteiger partial charge in [0.15, 0.2) is 0 Å². The molecule has 0 bridgehead atoms. The monoisotopic (exact) mass is 250 g/mol. The topological polar surface area (TPSA) is 22.6 Å². The molecule has 1 aromatic rings. The SMILES string of the molecule is CN(C)CCN(CCN(C)C)Cc1ccccn1. The number of hydrogen-bond donors (Lipinski definition) is 0. The summed E-state index contributed by atoms with van der Waals surface area (Å²) in [6.07, 6.45) is 1.87. The van der Waals surface area contributed by atoms with Crippen molar-refractivity contribution in [1.82, 2.24) is 19.7 Å². The van der Waals surface area contributed by atoms with Crippen LogP contribution in [-0.4, -0.2) is 74.1 Å². The van der Waals surface area contributed by atoms with Gasteiger partial charge in [-0.05, 0) is 40.3 Å². The first kappa shape index (κ1) is 15.1. The van der Waals surface area contributed by atoms with Crippen LogP contribution in [0.25, 0.3) is 0 Å². The van der Waals surface area contributed by atoms with Crippen LogP contribution in [-0.2, 0) is 6.54 Å². The van der Waals surface area contributed by atoms with Gasteiger partial charge in [0, 0.05) is 38.9 Å². The van der Waals surface area contributed by atoms with Crippen LogP contribution < -0.4 is 0 Å². The van der Waals surface area contributed by atoms with Crippen LogP contribution in [0.3, 0.4) is 0 Å². The van der Waals surface area contributed by atoms with E-state index in [1.54, 1.807) is 0 Å². The van der Waals surface area contributed by atoms with Crippen LogP contribution in [0, 0.1) is 0 Å². The summed E-state index contributed by atoms with van der Waals surface area (Å²) >= 11 is 0. The second-order valence-electron chi connectivity index (χ2n) is 5.20. The number of hydrogen-bond acceptors (Lipinski definition) is 4. The summed E-state index contributed by atoms with van der Waals surface area (Å²) in [7, 11) is 8.46. The van der Waals surface area contributed by atoms with Gasteiger partial charge in [0.1, 0.15) is 0 Å². The second-order valence-corrected chi connectivity index (χ2v) is 5.20. The smallest absolute Gasteiger partial charge is 0.0543 e. The normalized spacial score (nSPS) is 11.7. The lowest BCUT2D eigenvalue weighted by molar-refractivity contribution is 0.210. The molecule has 0 spiro atoms. The Bertz CT molecular complexity index is 299. The molecule has 1 rings (SSSR count). The quantitative estimate of drug-likeness (QED) is 0.687. The average Bonchev–Trinajstić information content (AvgIpc) is 2.33. The zero-order valence-corrected chi connectivity index (χ0v) is 12.1. The second kappa shape index (κ2) is 8.19. The minimum absolute atomic E-state index is 0.933. The molecule has 0 atom stereocenters. The minimum atomic E-state index is 0.933. The van der Waals surface area contributed by atoms with Crippen LogP contribution >= 0.6 is 0 Å². The maximum absolute atomic E-state index is 4.40. The van der Waals surface area contributed by atoms with Gasteiger partial charge in [-0.3, -0.25) is 9.88 Å². The van der Waals surface area contributed by atoms with Crippen LogP contribution in [0.4, 0.5) is 0 Å². The number of likely N-dealkylation sites (N-methyl/N-ethyl adjacent to an activating group) is 2. The summed E-state index contributed by atoms with van der Waals surface area (Å²) in [4.78, 5) is 11.3. The summed E-state index contributed by atoms with van der Waals surface area (Å²) in [5.74, 6) is 0. The van der Waals surface area contributed by atoms with Crippen molar-refractivity contribution in [2.75, 3.05) is 54.4 Å². The molecule has 0 aliphatic heterocycles. The molecule has 1 heterocycles. The van der Waals surface area contributed by atoms with E-state index in [4.69, 9.17) is 0 Å². The van der Waals surface area contributed by atoms with Crippen molar-refractivity contribution in [3.8, 4) is 0 Å². The van der Waals surface area contributed by atoms with Crippen LogP contribution in [0.5, 0.6) is 0 Å². The Kier molecular flexibility index (Phi) is 6.86. The zero-order valence-electron chi connectivity index (χ0n) is 12.1. The summed E-state index contributed by atoms with van der Waals surface area (Å²) in [6, 6.07) is 6.12. The third-order valence-electron chi connectivity index (χ3n) is 2.84. The Hall–Kier alpha value is -0.970.